The molecule has 2 heterocycles. The van der Waals surface area contributed by atoms with Crippen molar-refractivity contribution in [3.8, 4) is 11.6 Å². The van der Waals surface area contributed by atoms with Crippen LogP contribution in [0, 0.1) is 5.92 Å². The van der Waals surface area contributed by atoms with Crippen LogP contribution in [0.3, 0.4) is 0 Å². The number of aromatic nitrogens is 1. The second kappa shape index (κ2) is 7.77. The molecule has 2 unspecified atom stereocenters. The predicted molar refractivity (Wildman–Crippen MR) is 96.4 cm³/mol. The SMILES string of the molecule is CC1CNCCC1NC(=O)c1ccc(Oc2cccc(Br)c2)nc1. The van der Waals surface area contributed by atoms with Gasteiger partial charge in [0.05, 0.1) is 5.56 Å². The summed E-state index contributed by atoms with van der Waals surface area (Å²) in [4.78, 5) is 16.6. The molecule has 5 nitrogen and oxygen atoms in total. The van der Waals surface area contributed by atoms with Gasteiger partial charge in [-0.25, -0.2) is 4.98 Å². The van der Waals surface area contributed by atoms with Crippen molar-refractivity contribution in [2.45, 2.75) is 19.4 Å². The summed E-state index contributed by atoms with van der Waals surface area (Å²) in [5.74, 6) is 1.49. The fraction of sp³-hybridized carbons (Fsp3) is 0.333. The Bertz CT molecular complexity index is 706. The van der Waals surface area contributed by atoms with Gasteiger partial charge < -0.3 is 15.4 Å². The monoisotopic (exact) mass is 389 g/mol. The quantitative estimate of drug-likeness (QED) is 0.841. The lowest BCUT2D eigenvalue weighted by Gasteiger charge is -2.30. The van der Waals surface area contributed by atoms with E-state index >= 15 is 0 Å². The van der Waals surface area contributed by atoms with E-state index in [1.165, 1.54) is 0 Å². The Morgan fingerprint density at radius 2 is 2.25 bits per heavy atom. The number of hydrogen-bond acceptors (Lipinski definition) is 4. The number of nitrogens with one attached hydrogen (secondary N) is 2. The average molecular weight is 390 g/mol. The lowest BCUT2D eigenvalue weighted by molar-refractivity contribution is 0.0914. The number of piperidine rings is 1. The third kappa shape index (κ3) is 4.33. The summed E-state index contributed by atoms with van der Waals surface area (Å²) in [6.45, 7) is 4.01. The molecule has 6 heteroatoms. The van der Waals surface area contributed by atoms with Crippen LogP contribution in [0.2, 0.25) is 0 Å². The summed E-state index contributed by atoms with van der Waals surface area (Å²) in [5, 5.41) is 6.42. The van der Waals surface area contributed by atoms with Crippen molar-refractivity contribution in [3.05, 3.63) is 52.6 Å². The maximum atomic E-state index is 12.4. The van der Waals surface area contributed by atoms with Gasteiger partial charge in [0, 0.05) is 22.8 Å². The van der Waals surface area contributed by atoms with E-state index in [2.05, 4.69) is 38.5 Å². The number of pyridine rings is 1. The van der Waals surface area contributed by atoms with Crippen LogP contribution in [-0.4, -0.2) is 30.0 Å². The minimum absolute atomic E-state index is 0.0877. The zero-order valence-corrected chi connectivity index (χ0v) is 15.0. The molecule has 0 aliphatic carbocycles. The highest BCUT2D eigenvalue weighted by Crippen LogP contribution is 2.23. The molecular weight excluding hydrogens is 370 g/mol. The topological polar surface area (TPSA) is 63.2 Å². The molecule has 1 amide bonds. The Morgan fingerprint density at radius 3 is 2.96 bits per heavy atom. The van der Waals surface area contributed by atoms with Crippen LogP contribution in [0.25, 0.3) is 0 Å². The summed E-state index contributed by atoms with van der Waals surface area (Å²) in [6.07, 6.45) is 2.50. The average Bonchev–Trinajstić information content (AvgIpc) is 2.57. The van der Waals surface area contributed by atoms with Crippen molar-refractivity contribution in [1.29, 1.82) is 0 Å². The third-order valence-electron chi connectivity index (χ3n) is 4.12. The van der Waals surface area contributed by atoms with Crippen molar-refractivity contribution in [1.82, 2.24) is 15.6 Å². The van der Waals surface area contributed by atoms with Crippen LogP contribution in [0.4, 0.5) is 0 Å². The molecule has 0 saturated carbocycles. The number of halogens is 1. The normalized spacial score (nSPS) is 20.4. The zero-order chi connectivity index (χ0) is 16.9. The summed E-state index contributed by atoms with van der Waals surface area (Å²) in [6, 6.07) is 11.2. The Morgan fingerprint density at radius 1 is 1.38 bits per heavy atom. The largest absolute Gasteiger partial charge is 0.439 e. The molecule has 0 bridgehead atoms. The van der Waals surface area contributed by atoms with Crippen LogP contribution in [-0.2, 0) is 0 Å². The highest BCUT2D eigenvalue weighted by atomic mass is 79.9. The first kappa shape index (κ1) is 16.9. The van der Waals surface area contributed by atoms with E-state index in [0.717, 1.165) is 24.0 Å². The number of rotatable bonds is 4. The van der Waals surface area contributed by atoms with Crippen molar-refractivity contribution in [2.24, 2.45) is 5.92 Å². The van der Waals surface area contributed by atoms with Crippen LogP contribution in [0.15, 0.2) is 47.1 Å². The fourth-order valence-corrected chi connectivity index (χ4v) is 3.08. The molecule has 1 aromatic carbocycles. The highest BCUT2D eigenvalue weighted by molar-refractivity contribution is 9.10. The molecule has 1 aliphatic rings. The van der Waals surface area contributed by atoms with E-state index in [9.17, 15) is 4.79 Å². The van der Waals surface area contributed by atoms with Gasteiger partial charge in [0.1, 0.15) is 5.75 Å². The summed E-state index contributed by atoms with van der Waals surface area (Å²) in [7, 11) is 0. The second-order valence-electron chi connectivity index (χ2n) is 5.99. The Balaban J connectivity index is 1.62. The van der Waals surface area contributed by atoms with Crippen LogP contribution in [0.1, 0.15) is 23.7 Å². The first-order valence-electron chi connectivity index (χ1n) is 8.03. The van der Waals surface area contributed by atoms with Gasteiger partial charge in [-0.1, -0.05) is 28.9 Å². The molecule has 1 aliphatic heterocycles. The Hall–Kier alpha value is -1.92. The van der Waals surface area contributed by atoms with Gasteiger partial charge in [-0.15, -0.1) is 0 Å². The number of carbonyl (C=O) groups is 1. The van der Waals surface area contributed by atoms with Crippen LogP contribution < -0.4 is 15.4 Å². The maximum absolute atomic E-state index is 12.4. The van der Waals surface area contributed by atoms with Crippen molar-refractivity contribution in [3.63, 3.8) is 0 Å². The van der Waals surface area contributed by atoms with E-state index in [-0.39, 0.29) is 11.9 Å². The Kier molecular flexibility index (Phi) is 5.48. The molecule has 126 valence electrons. The van der Waals surface area contributed by atoms with Gasteiger partial charge in [-0.05, 0) is 49.7 Å². The summed E-state index contributed by atoms with van der Waals surface area (Å²) < 4.78 is 6.62. The number of nitrogens with zero attached hydrogens (tertiary/aromatic N) is 1. The smallest absolute Gasteiger partial charge is 0.253 e. The Labute approximate surface area is 149 Å². The van der Waals surface area contributed by atoms with Gasteiger partial charge in [-0.3, -0.25) is 4.79 Å². The summed E-state index contributed by atoms with van der Waals surface area (Å²) >= 11 is 3.40. The lowest BCUT2D eigenvalue weighted by Crippen LogP contribution is -2.48. The maximum Gasteiger partial charge on any atom is 0.253 e. The van der Waals surface area contributed by atoms with Crippen LogP contribution >= 0.6 is 15.9 Å². The minimum Gasteiger partial charge on any atom is -0.439 e. The van der Waals surface area contributed by atoms with E-state index in [4.69, 9.17) is 4.74 Å². The van der Waals surface area contributed by atoms with Crippen molar-refractivity contribution in [2.75, 3.05) is 13.1 Å². The first-order chi connectivity index (χ1) is 11.6. The molecule has 0 radical (unpaired) electrons. The molecule has 3 rings (SSSR count). The van der Waals surface area contributed by atoms with E-state index < -0.39 is 0 Å². The van der Waals surface area contributed by atoms with Crippen molar-refractivity contribution >= 4 is 21.8 Å². The van der Waals surface area contributed by atoms with E-state index in [0.29, 0.717) is 23.1 Å². The zero-order valence-electron chi connectivity index (χ0n) is 13.5. The molecule has 2 aromatic rings. The lowest BCUT2D eigenvalue weighted by atomic mass is 9.95. The van der Waals surface area contributed by atoms with E-state index in [1.54, 1.807) is 18.3 Å². The van der Waals surface area contributed by atoms with Gasteiger partial charge in [0.2, 0.25) is 5.88 Å². The molecule has 0 spiro atoms. The molecule has 2 N–H and O–H groups in total. The van der Waals surface area contributed by atoms with Gasteiger partial charge in [0.15, 0.2) is 0 Å². The van der Waals surface area contributed by atoms with Gasteiger partial charge in [0.25, 0.3) is 5.91 Å². The molecular formula is C18H20BrN3O2. The number of ether oxygens (including phenoxy) is 1. The first-order valence-corrected chi connectivity index (χ1v) is 8.82. The molecule has 2 atom stereocenters. The van der Waals surface area contributed by atoms with E-state index in [1.807, 2.05) is 24.3 Å². The van der Waals surface area contributed by atoms with Gasteiger partial charge >= 0.3 is 0 Å². The number of carbonyl (C=O) groups excluding carboxylic acids is 1. The molecule has 24 heavy (non-hydrogen) atoms. The van der Waals surface area contributed by atoms with Crippen molar-refractivity contribution < 1.29 is 9.53 Å². The predicted octanol–water partition coefficient (Wildman–Crippen LogP) is 3.36. The number of amides is 1. The molecule has 1 fully saturated rings. The number of hydrogen-bond donors (Lipinski definition) is 2. The summed E-state index contributed by atoms with van der Waals surface area (Å²) in [5.41, 5.74) is 0.544. The molecule has 1 aromatic heterocycles. The number of benzene rings is 1. The highest BCUT2D eigenvalue weighted by Gasteiger charge is 2.23. The minimum atomic E-state index is -0.0877. The third-order valence-corrected chi connectivity index (χ3v) is 4.61. The second-order valence-corrected chi connectivity index (χ2v) is 6.91. The standard InChI is InChI=1S/C18H20BrN3O2/c1-12-10-20-8-7-16(12)22-18(23)13-5-6-17(21-11-13)24-15-4-2-3-14(19)9-15/h2-6,9,11-12,16,20H,7-8,10H2,1H3,(H,22,23). The fourth-order valence-electron chi connectivity index (χ4n) is 2.71. The van der Waals surface area contributed by atoms with Crippen LogP contribution in [0.5, 0.6) is 11.6 Å². The van der Waals surface area contributed by atoms with Gasteiger partial charge in [-0.2, -0.15) is 0 Å². The molecule has 1 saturated heterocycles.